The van der Waals surface area contributed by atoms with Gasteiger partial charge in [-0.3, -0.25) is 4.98 Å². The van der Waals surface area contributed by atoms with Crippen molar-refractivity contribution in [3.8, 4) is 22.3 Å². The second kappa shape index (κ2) is 14.7. The molecule has 0 saturated heterocycles. The molecule has 1 aliphatic carbocycles. The van der Waals surface area contributed by atoms with E-state index in [0.29, 0.717) is 0 Å². The van der Waals surface area contributed by atoms with Crippen molar-refractivity contribution in [3.63, 3.8) is 0 Å². The lowest BCUT2D eigenvalue weighted by molar-refractivity contribution is 0.659. The first-order chi connectivity index (χ1) is 27.5. The molecule has 6 aromatic carbocycles. The zero-order chi connectivity index (χ0) is 38.1. The standard InChI is InChI=1S/C53H43N3/c1-38-15-7-6-12-34-55(43-18-8-4-9-19-43)52-47(38)31-32-49-48-30-27-40(35-50(48)53(2,3)51(49)52)24-23-39-25-28-45(29-26-39)56(44-20-10-5-11-21-44)46-22-13-16-41(36-46)42-17-14-33-54-37-42/h4-33,35-37H,1,34H2,2-3H3/b12-6-,15-7-,24-23+. The van der Waals surface area contributed by atoms with Gasteiger partial charge >= 0.3 is 0 Å². The van der Waals surface area contributed by atoms with Gasteiger partial charge in [-0.15, -0.1) is 0 Å². The van der Waals surface area contributed by atoms with Crippen LogP contribution in [0.3, 0.4) is 0 Å². The summed E-state index contributed by atoms with van der Waals surface area (Å²) >= 11 is 0. The number of rotatable bonds is 7. The van der Waals surface area contributed by atoms with Gasteiger partial charge in [0.25, 0.3) is 0 Å². The molecule has 3 heteroatoms. The number of hydrogen-bond donors (Lipinski definition) is 0. The number of hydrogen-bond acceptors (Lipinski definition) is 3. The minimum Gasteiger partial charge on any atom is -0.337 e. The van der Waals surface area contributed by atoms with Gasteiger partial charge in [0.1, 0.15) is 0 Å². The fraction of sp³-hybridized carbons (Fsp3) is 0.0755. The topological polar surface area (TPSA) is 19.4 Å². The minimum atomic E-state index is -0.231. The Hall–Kier alpha value is -6.97. The highest BCUT2D eigenvalue weighted by Gasteiger charge is 2.40. The molecule has 9 rings (SSSR count). The Bertz CT molecular complexity index is 2630. The van der Waals surface area contributed by atoms with Gasteiger partial charge in [-0.1, -0.05) is 154 Å². The number of pyridine rings is 1. The van der Waals surface area contributed by atoms with E-state index in [0.717, 1.165) is 45.9 Å². The molecule has 0 bridgehead atoms. The molecule has 0 saturated carbocycles. The summed E-state index contributed by atoms with van der Waals surface area (Å²) in [5.41, 5.74) is 17.5. The van der Waals surface area contributed by atoms with E-state index in [1.54, 1.807) is 0 Å². The van der Waals surface area contributed by atoms with Crippen LogP contribution < -0.4 is 9.80 Å². The molecule has 0 fully saturated rings. The highest BCUT2D eigenvalue weighted by molar-refractivity contribution is 5.95. The SMILES string of the molecule is C=C1/C=C\C=C/CN(c2ccccc2)c2c1ccc1c2C(C)(C)c2cc(/C=C/c3ccc(N(c4ccccc4)c4cccc(-c5cccnc5)c4)cc3)ccc2-1. The van der Waals surface area contributed by atoms with Crippen LogP contribution >= 0.6 is 0 Å². The van der Waals surface area contributed by atoms with Crippen molar-refractivity contribution in [1.82, 2.24) is 4.98 Å². The van der Waals surface area contributed by atoms with Gasteiger partial charge in [0, 0.05) is 58.2 Å². The summed E-state index contributed by atoms with van der Waals surface area (Å²) in [5.74, 6) is 0. The summed E-state index contributed by atoms with van der Waals surface area (Å²) in [6.07, 6.45) is 16.8. The third-order valence-electron chi connectivity index (χ3n) is 11.1. The fourth-order valence-corrected chi connectivity index (χ4v) is 8.29. The number of nitrogens with zero attached hydrogens (tertiary/aromatic N) is 3. The van der Waals surface area contributed by atoms with Gasteiger partial charge in [0.05, 0.1) is 5.69 Å². The molecule has 0 unspecified atom stereocenters. The van der Waals surface area contributed by atoms with Gasteiger partial charge in [0.2, 0.25) is 0 Å². The third kappa shape index (κ3) is 6.48. The lowest BCUT2D eigenvalue weighted by Crippen LogP contribution is -2.25. The maximum Gasteiger partial charge on any atom is 0.0540 e. The lowest BCUT2D eigenvalue weighted by Gasteiger charge is -2.33. The number of benzene rings is 6. The Morgan fingerprint density at radius 1 is 0.625 bits per heavy atom. The minimum absolute atomic E-state index is 0.231. The van der Waals surface area contributed by atoms with Gasteiger partial charge in [0.15, 0.2) is 0 Å². The molecule has 3 nitrogen and oxygen atoms in total. The van der Waals surface area contributed by atoms with Crippen molar-refractivity contribution in [3.05, 3.63) is 223 Å². The van der Waals surface area contributed by atoms with Crippen LogP contribution in [0.25, 0.3) is 40.0 Å². The van der Waals surface area contributed by atoms with E-state index in [1.165, 1.54) is 44.8 Å². The summed E-state index contributed by atoms with van der Waals surface area (Å²) in [6.45, 7) is 10.0. The van der Waals surface area contributed by atoms with E-state index in [2.05, 4.69) is 217 Å². The maximum atomic E-state index is 4.52. The first kappa shape index (κ1) is 34.8. The Morgan fingerprint density at radius 3 is 2.09 bits per heavy atom. The van der Waals surface area contributed by atoms with Crippen LogP contribution in [0.15, 0.2) is 195 Å². The molecule has 56 heavy (non-hydrogen) atoms. The zero-order valence-corrected chi connectivity index (χ0v) is 31.8. The van der Waals surface area contributed by atoms with Crippen molar-refractivity contribution < 1.29 is 0 Å². The van der Waals surface area contributed by atoms with E-state index < -0.39 is 0 Å². The average Bonchev–Trinajstić information content (AvgIpc) is 3.52. The Kier molecular flexibility index (Phi) is 9.12. The highest BCUT2D eigenvalue weighted by Crippen LogP contribution is 2.55. The van der Waals surface area contributed by atoms with Crippen molar-refractivity contribution in [2.45, 2.75) is 19.3 Å². The number of aromatic nitrogens is 1. The summed E-state index contributed by atoms with van der Waals surface area (Å²) in [6, 6.07) is 54.3. The Labute approximate surface area is 330 Å². The van der Waals surface area contributed by atoms with Crippen molar-refractivity contribution in [1.29, 1.82) is 0 Å². The number of para-hydroxylation sites is 2. The second-order valence-electron chi connectivity index (χ2n) is 15.0. The zero-order valence-electron chi connectivity index (χ0n) is 31.8. The molecular weight excluding hydrogens is 679 g/mol. The molecule has 270 valence electrons. The molecule has 2 aliphatic rings. The van der Waals surface area contributed by atoms with Crippen molar-refractivity contribution in [2.24, 2.45) is 0 Å². The smallest absolute Gasteiger partial charge is 0.0540 e. The molecular formula is C53H43N3. The molecule has 1 aliphatic heterocycles. The molecule has 0 spiro atoms. The third-order valence-corrected chi connectivity index (χ3v) is 11.1. The van der Waals surface area contributed by atoms with Crippen LogP contribution in [0.1, 0.15) is 41.7 Å². The fourth-order valence-electron chi connectivity index (χ4n) is 8.29. The summed E-state index contributed by atoms with van der Waals surface area (Å²) < 4.78 is 0. The van der Waals surface area contributed by atoms with Crippen LogP contribution in [-0.4, -0.2) is 11.5 Å². The molecule has 2 heterocycles. The van der Waals surface area contributed by atoms with Crippen LogP contribution in [0.2, 0.25) is 0 Å². The lowest BCUT2D eigenvalue weighted by atomic mass is 9.79. The van der Waals surface area contributed by atoms with E-state index in [1.807, 2.05) is 18.5 Å². The van der Waals surface area contributed by atoms with Gasteiger partial charge in [-0.25, -0.2) is 0 Å². The monoisotopic (exact) mass is 721 g/mol. The highest BCUT2D eigenvalue weighted by atomic mass is 15.1. The number of fused-ring (bicyclic) bond motifs is 5. The van der Waals surface area contributed by atoms with Crippen LogP contribution in [0.5, 0.6) is 0 Å². The predicted molar refractivity (Wildman–Crippen MR) is 238 cm³/mol. The second-order valence-corrected chi connectivity index (χ2v) is 15.0. The van der Waals surface area contributed by atoms with Crippen LogP contribution in [0, 0.1) is 0 Å². The quantitative estimate of drug-likeness (QED) is 0.153. The summed E-state index contributed by atoms with van der Waals surface area (Å²) in [7, 11) is 0. The average molecular weight is 722 g/mol. The van der Waals surface area contributed by atoms with Crippen molar-refractivity contribution >= 4 is 46.2 Å². The largest absolute Gasteiger partial charge is 0.337 e. The van der Waals surface area contributed by atoms with Crippen molar-refractivity contribution in [2.75, 3.05) is 16.3 Å². The van der Waals surface area contributed by atoms with E-state index in [9.17, 15) is 0 Å². The van der Waals surface area contributed by atoms with E-state index >= 15 is 0 Å². The van der Waals surface area contributed by atoms with Gasteiger partial charge in [-0.05, 0) is 99.1 Å². The maximum absolute atomic E-state index is 4.52. The molecule has 0 atom stereocenters. The Balaban J connectivity index is 1.04. The first-order valence-electron chi connectivity index (χ1n) is 19.3. The van der Waals surface area contributed by atoms with Crippen LogP contribution in [0.4, 0.5) is 28.4 Å². The predicted octanol–water partition coefficient (Wildman–Crippen LogP) is 14.0. The normalized spacial score (nSPS) is 15.2. The molecule has 1 aromatic heterocycles. The van der Waals surface area contributed by atoms with Crippen LogP contribution in [-0.2, 0) is 5.41 Å². The number of allylic oxidation sites excluding steroid dienone is 4. The molecule has 0 radical (unpaired) electrons. The van der Waals surface area contributed by atoms with E-state index in [-0.39, 0.29) is 5.41 Å². The Morgan fingerprint density at radius 2 is 1.30 bits per heavy atom. The van der Waals surface area contributed by atoms with Gasteiger partial charge < -0.3 is 9.80 Å². The molecule has 0 amide bonds. The summed E-state index contributed by atoms with van der Waals surface area (Å²) in [5, 5.41) is 0. The van der Waals surface area contributed by atoms with E-state index in [4.69, 9.17) is 0 Å². The molecule has 7 aromatic rings. The van der Waals surface area contributed by atoms with Gasteiger partial charge in [-0.2, -0.15) is 0 Å². The first-order valence-corrected chi connectivity index (χ1v) is 19.3. The molecule has 0 N–H and O–H groups in total. The summed E-state index contributed by atoms with van der Waals surface area (Å²) in [4.78, 5) is 9.11. The number of anilines is 5.